The minimum absolute atomic E-state index is 0.806. The molecule has 0 heterocycles. The molecule has 0 saturated carbocycles. The summed E-state index contributed by atoms with van der Waals surface area (Å²) < 4.78 is 30.9. The van der Waals surface area contributed by atoms with E-state index in [0.717, 1.165) is 6.92 Å². The van der Waals surface area contributed by atoms with Gasteiger partial charge in [0.05, 0.1) is 0 Å². The summed E-state index contributed by atoms with van der Waals surface area (Å²) in [7, 11) is -4.90. The van der Waals surface area contributed by atoms with E-state index in [1.807, 2.05) is 0 Å². The predicted molar refractivity (Wildman–Crippen MR) is 32.5 cm³/mol. The van der Waals surface area contributed by atoms with Gasteiger partial charge >= 0.3 is 16.4 Å². The zero-order chi connectivity index (χ0) is 9.28. The molecule has 0 aromatic carbocycles. The first kappa shape index (κ1) is 10.3. The lowest BCUT2D eigenvalue weighted by Gasteiger charge is -2.12. The molecule has 0 aliphatic heterocycles. The van der Waals surface area contributed by atoms with Crippen LogP contribution in [-0.4, -0.2) is 29.8 Å². The van der Waals surface area contributed by atoms with Crippen LogP contribution in [0.1, 0.15) is 6.92 Å². The molecule has 0 aromatic rings. The first-order chi connectivity index (χ1) is 4.63. The van der Waals surface area contributed by atoms with Gasteiger partial charge in [-0.25, -0.2) is 4.79 Å². The quantitative estimate of drug-likeness (QED) is 0.335. The molecule has 0 bridgehead atoms. The first-order valence-corrected chi connectivity index (χ1v) is 3.72. The Morgan fingerprint density at radius 3 is 2.09 bits per heavy atom. The third kappa shape index (κ3) is 4.67. The maximum absolute atomic E-state index is 10.3. The van der Waals surface area contributed by atoms with Crippen LogP contribution in [-0.2, 0) is 19.4 Å². The molecule has 1 unspecified atom stereocenters. The predicted octanol–water partition coefficient (Wildman–Crippen LogP) is -2.00. The monoisotopic (exact) mass is 185 g/mol. The van der Waals surface area contributed by atoms with E-state index < -0.39 is 22.1 Å². The lowest BCUT2D eigenvalue weighted by molar-refractivity contribution is -0.152. The summed E-state index contributed by atoms with van der Waals surface area (Å²) in [5.74, 6) is -1.65. The fraction of sp³-hybridized carbons (Fsp3) is 0.667. The molecule has 4 N–H and O–H groups in total. The molecular weight excluding hydrogens is 178 g/mol. The van der Waals surface area contributed by atoms with Crippen molar-refractivity contribution in [2.24, 2.45) is 5.73 Å². The molecule has 0 fully saturated rings. The Kier molecular flexibility index (Phi) is 2.56. The Morgan fingerprint density at radius 2 is 2.00 bits per heavy atom. The van der Waals surface area contributed by atoms with E-state index in [1.54, 1.807) is 0 Å². The van der Waals surface area contributed by atoms with E-state index >= 15 is 0 Å². The highest BCUT2D eigenvalue weighted by Crippen LogP contribution is 1.99. The van der Waals surface area contributed by atoms with Crippen LogP contribution in [0.2, 0.25) is 0 Å². The molecule has 7 nitrogen and oxygen atoms in total. The fourth-order valence-corrected chi connectivity index (χ4v) is 0.540. The van der Waals surface area contributed by atoms with Gasteiger partial charge in [-0.05, 0) is 6.92 Å². The minimum Gasteiger partial charge on any atom is -0.366 e. The summed E-state index contributed by atoms with van der Waals surface area (Å²) in [5.41, 5.74) is 2.26. The van der Waals surface area contributed by atoms with Gasteiger partial charge in [0.25, 0.3) is 0 Å². The summed E-state index contributed by atoms with van der Waals surface area (Å²) in [6.07, 6.45) is 0. The molecule has 0 saturated heterocycles. The Bertz CT molecular complexity index is 247. The number of aliphatic hydroxyl groups is 1. The van der Waals surface area contributed by atoms with Gasteiger partial charge in [-0.15, -0.1) is 0 Å². The number of hydrogen-bond donors (Lipinski definition) is 3. The second kappa shape index (κ2) is 2.74. The van der Waals surface area contributed by atoms with Crippen molar-refractivity contribution in [2.75, 3.05) is 0 Å². The standard InChI is InChI=1S/C3H7NO6S/c1-3(4,6)2(5)10-11(7,8)9/h6H,4H2,1H3,(H,7,8,9). The van der Waals surface area contributed by atoms with Crippen molar-refractivity contribution in [3.8, 4) is 0 Å². The van der Waals surface area contributed by atoms with Crippen molar-refractivity contribution in [3.63, 3.8) is 0 Å². The van der Waals surface area contributed by atoms with Crippen LogP contribution in [0, 0.1) is 0 Å². The number of rotatable bonds is 2. The van der Waals surface area contributed by atoms with E-state index in [4.69, 9.17) is 15.4 Å². The molecule has 0 aliphatic rings. The summed E-state index contributed by atoms with van der Waals surface area (Å²) in [5, 5.41) is 8.58. The smallest absolute Gasteiger partial charge is 0.366 e. The van der Waals surface area contributed by atoms with E-state index in [2.05, 4.69) is 4.18 Å². The van der Waals surface area contributed by atoms with Gasteiger partial charge in [-0.1, -0.05) is 0 Å². The average molecular weight is 185 g/mol. The maximum Gasteiger partial charge on any atom is 0.449 e. The second-order valence-corrected chi connectivity index (χ2v) is 2.97. The van der Waals surface area contributed by atoms with Crippen LogP contribution in [0.4, 0.5) is 0 Å². The van der Waals surface area contributed by atoms with Gasteiger partial charge in [-0.3, -0.25) is 10.3 Å². The zero-order valence-corrected chi connectivity index (χ0v) is 6.33. The van der Waals surface area contributed by atoms with Crippen molar-refractivity contribution in [1.29, 1.82) is 0 Å². The molecular formula is C3H7NO6S. The molecule has 11 heavy (non-hydrogen) atoms. The molecule has 0 amide bonds. The van der Waals surface area contributed by atoms with Crippen LogP contribution in [0.5, 0.6) is 0 Å². The van der Waals surface area contributed by atoms with Crippen molar-refractivity contribution < 1.29 is 27.1 Å². The van der Waals surface area contributed by atoms with E-state index in [1.165, 1.54) is 0 Å². The highest BCUT2D eigenvalue weighted by atomic mass is 32.3. The van der Waals surface area contributed by atoms with Crippen LogP contribution in [0.15, 0.2) is 0 Å². The normalized spacial score (nSPS) is 17.1. The van der Waals surface area contributed by atoms with Gasteiger partial charge in [-0.2, -0.15) is 8.42 Å². The van der Waals surface area contributed by atoms with Crippen LogP contribution >= 0.6 is 0 Å². The van der Waals surface area contributed by atoms with Gasteiger partial charge < -0.3 is 9.29 Å². The average Bonchev–Trinajstić information content (AvgIpc) is 1.56. The minimum atomic E-state index is -4.90. The van der Waals surface area contributed by atoms with Crippen molar-refractivity contribution in [3.05, 3.63) is 0 Å². The molecule has 66 valence electrons. The highest BCUT2D eigenvalue weighted by molar-refractivity contribution is 7.81. The molecule has 0 spiro atoms. The summed E-state index contributed by atoms with van der Waals surface area (Å²) in [4.78, 5) is 10.3. The van der Waals surface area contributed by atoms with Gasteiger partial charge in [0.1, 0.15) is 0 Å². The van der Waals surface area contributed by atoms with E-state index in [0.29, 0.717) is 0 Å². The fourth-order valence-electron chi connectivity index (χ4n) is 0.180. The maximum atomic E-state index is 10.3. The highest BCUT2D eigenvalue weighted by Gasteiger charge is 2.30. The molecule has 0 aromatic heterocycles. The van der Waals surface area contributed by atoms with Gasteiger partial charge in [0, 0.05) is 0 Å². The number of nitrogens with two attached hydrogens (primary N) is 1. The largest absolute Gasteiger partial charge is 0.449 e. The van der Waals surface area contributed by atoms with Crippen molar-refractivity contribution in [1.82, 2.24) is 0 Å². The van der Waals surface area contributed by atoms with E-state index in [9.17, 15) is 13.2 Å². The van der Waals surface area contributed by atoms with E-state index in [-0.39, 0.29) is 0 Å². The number of carbonyl (C=O) groups is 1. The lowest BCUT2D eigenvalue weighted by atomic mass is 10.3. The van der Waals surface area contributed by atoms with Gasteiger partial charge in [0.15, 0.2) is 0 Å². The van der Waals surface area contributed by atoms with Crippen molar-refractivity contribution >= 4 is 16.4 Å². The molecule has 0 aliphatic carbocycles. The second-order valence-electron chi connectivity index (χ2n) is 1.95. The van der Waals surface area contributed by atoms with Crippen LogP contribution < -0.4 is 5.73 Å². The molecule has 1 atom stereocenters. The zero-order valence-electron chi connectivity index (χ0n) is 5.51. The molecule has 0 radical (unpaired) electrons. The van der Waals surface area contributed by atoms with Crippen LogP contribution in [0.25, 0.3) is 0 Å². The van der Waals surface area contributed by atoms with Gasteiger partial charge in [0.2, 0.25) is 5.72 Å². The SMILES string of the molecule is CC(N)(O)C(=O)OS(=O)(=O)O. The third-order valence-electron chi connectivity index (χ3n) is 0.594. The Morgan fingerprint density at radius 1 is 1.64 bits per heavy atom. The first-order valence-electron chi connectivity index (χ1n) is 2.35. The number of carbonyl (C=O) groups excluding carboxylic acids is 1. The Balaban J connectivity index is 4.35. The summed E-state index contributed by atoms with van der Waals surface area (Å²) in [6.45, 7) is 0.806. The topological polar surface area (TPSA) is 127 Å². The summed E-state index contributed by atoms with van der Waals surface area (Å²) >= 11 is 0. The van der Waals surface area contributed by atoms with Crippen LogP contribution in [0.3, 0.4) is 0 Å². The summed E-state index contributed by atoms with van der Waals surface area (Å²) in [6, 6.07) is 0. The Labute approximate surface area is 62.7 Å². The molecule has 8 heteroatoms. The lowest BCUT2D eigenvalue weighted by Crippen LogP contribution is -2.46. The Hall–Kier alpha value is -0.700. The van der Waals surface area contributed by atoms with Crippen molar-refractivity contribution in [2.45, 2.75) is 12.6 Å². The number of hydrogen-bond acceptors (Lipinski definition) is 6. The third-order valence-corrected chi connectivity index (χ3v) is 0.956. The molecule has 0 rings (SSSR count).